The Morgan fingerprint density at radius 3 is 2.72 bits per heavy atom. The van der Waals surface area contributed by atoms with E-state index in [1.807, 2.05) is 32.9 Å². The molecule has 0 atom stereocenters. The summed E-state index contributed by atoms with van der Waals surface area (Å²) in [6, 6.07) is 6.65. The van der Waals surface area contributed by atoms with Crippen LogP contribution in [0.3, 0.4) is 0 Å². The van der Waals surface area contributed by atoms with Crippen LogP contribution in [0.1, 0.15) is 30.0 Å². The third kappa shape index (κ3) is 4.90. The molecule has 6 nitrogen and oxygen atoms in total. The van der Waals surface area contributed by atoms with Gasteiger partial charge < -0.3 is 15.1 Å². The summed E-state index contributed by atoms with van der Waals surface area (Å²) < 4.78 is 5.59. The van der Waals surface area contributed by atoms with Crippen molar-refractivity contribution in [1.82, 2.24) is 15.5 Å². The molecule has 3 rings (SSSR count). The van der Waals surface area contributed by atoms with Gasteiger partial charge in [-0.15, -0.1) is 0 Å². The molecule has 2 N–H and O–H groups in total. The zero-order valence-electron chi connectivity index (χ0n) is 15.2. The molecule has 0 spiro atoms. The third-order valence-electron chi connectivity index (χ3n) is 4.11. The summed E-state index contributed by atoms with van der Waals surface area (Å²) in [6.45, 7) is 11.1. The van der Waals surface area contributed by atoms with E-state index in [9.17, 15) is 9.59 Å². The molecule has 1 aromatic heterocycles. The van der Waals surface area contributed by atoms with E-state index < -0.39 is 0 Å². The second-order valence-corrected chi connectivity index (χ2v) is 5.77. The van der Waals surface area contributed by atoms with Gasteiger partial charge in [0.05, 0.1) is 5.39 Å². The van der Waals surface area contributed by atoms with Gasteiger partial charge in [-0.05, 0) is 18.6 Å². The van der Waals surface area contributed by atoms with E-state index in [2.05, 4.69) is 15.5 Å². The van der Waals surface area contributed by atoms with Gasteiger partial charge in [0.15, 0.2) is 11.2 Å². The normalized spacial score (nSPS) is 14.7. The number of nitrogens with zero attached hydrogens (tertiary/aromatic N) is 1. The van der Waals surface area contributed by atoms with Crippen molar-refractivity contribution in [3.05, 3.63) is 45.8 Å². The molecule has 2 heterocycles. The quantitative estimate of drug-likeness (QED) is 0.883. The maximum absolute atomic E-state index is 12.2. The van der Waals surface area contributed by atoms with E-state index in [-0.39, 0.29) is 17.1 Å². The average molecular weight is 345 g/mol. The Morgan fingerprint density at radius 1 is 1.28 bits per heavy atom. The molecule has 25 heavy (non-hydrogen) atoms. The van der Waals surface area contributed by atoms with Crippen molar-refractivity contribution in [2.75, 3.05) is 39.3 Å². The van der Waals surface area contributed by atoms with Crippen LogP contribution in [0.4, 0.5) is 0 Å². The molecule has 0 radical (unpaired) electrons. The summed E-state index contributed by atoms with van der Waals surface area (Å²) in [6.07, 6.45) is 0. The number of benzene rings is 1. The molecule has 0 unspecified atom stereocenters. The second-order valence-electron chi connectivity index (χ2n) is 5.77. The summed E-state index contributed by atoms with van der Waals surface area (Å²) in [5.41, 5.74) is 1.11. The summed E-state index contributed by atoms with van der Waals surface area (Å²) in [7, 11) is 0. The number of rotatable bonds is 4. The first-order chi connectivity index (χ1) is 12.1. The fourth-order valence-corrected chi connectivity index (χ4v) is 2.84. The molecule has 0 bridgehead atoms. The van der Waals surface area contributed by atoms with Crippen LogP contribution in [0.25, 0.3) is 11.0 Å². The van der Waals surface area contributed by atoms with Crippen molar-refractivity contribution in [1.29, 1.82) is 0 Å². The molecule has 2 aromatic rings. The Morgan fingerprint density at radius 2 is 2.00 bits per heavy atom. The lowest BCUT2D eigenvalue weighted by molar-refractivity contribution is 0.0920. The maximum atomic E-state index is 12.2. The van der Waals surface area contributed by atoms with Crippen molar-refractivity contribution in [2.24, 2.45) is 0 Å². The Hall–Kier alpha value is -2.18. The highest BCUT2D eigenvalue weighted by atomic mass is 16.3. The number of fused-ring (bicyclic) bond motifs is 1. The van der Waals surface area contributed by atoms with E-state index in [0.717, 1.165) is 38.3 Å². The number of nitrogens with one attached hydrogen (secondary N) is 2. The van der Waals surface area contributed by atoms with Gasteiger partial charge in [0.2, 0.25) is 0 Å². The van der Waals surface area contributed by atoms with Crippen molar-refractivity contribution in [3.63, 3.8) is 0 Å². The zero-order chi connectivity index (χ0) is 18.2. The summed E-state index contributed by atoms with van der Waals surface area (Å²) in [5, 5.41) is 6.64. The number of aryl methyl sites for hydroxylation is 1. The molecule has 1 saturated heterocycles. The van der Waals surface area contributed by atoms with Gasteiger partial charge in [-0.1, -0.05) is 26.0 Å². The van der Waals surface area contributed by atoms with Crippen LogP contribution >= 0.6 is 0 Å². The molecular weight excluding hydrogens is 318 g/mol. The van der Waals surface area contributed by atoms with Crippen LogP contribution in [-0.4, -0.2) is 50.1 Å². The van der Waals surface area contributed by atoms with Crippen molar-refractivity contribution >= 4 is 16.9 Å². The predicted molar refractivity (Wildman–Crippen MR) is 100 cm³/mol. The summed E-state index contributed by atoms with van der Waals surface area (Å²) in [5.74, 6) is -0.283. The van der Waals surface area contributed by atoms with E-state index in [1.54, 1.807) is 6.07 Å². The van der Waals surface area contributed by atoms with Gasteiger partial charge in [0.1, 0.15) is 5.58 Å². The van der Waals surface area contributed by atoms with Crippen molar-refractivity contribution < 1.29 is 9.21 Å². The van der Waals surface area contributed by atoms with Crippen molar-refractivity contribution in [3.8, 4) is 0 Å². The lowest BCUT2D eigenvalue weighted by atomic mass is 10.1. The van der Waals surface area contributed by atoms with Crippen LogP contribution in [-0.2, 0) is 0 Å². The standard InChI is InChI=1S/C17H21N3O3.C2H6/c1-12-3-2-4-14-16(12)13(21)11-15(23-14)17(22)19-7-10-20-8-5-18-6-9-20;1-2/h2-4,11,18H,5-10H2,1H3,(H,19,22);1-2H3. The topological polar surface area (TPSA) is 74.6 Å². The van der Waals surface area contributed by atoms with Crippen LogP contribution in [0.5, 0.6) is 0 Å². The Kier molecular flexibility index (Phi) is 7.16. The van der Waals surface area contributed by atoms with E-state index >= 15 is 0 Å². The van der Waals surface area contributed by atoms with Gasteiger partial charge in [-0.25, -0.2) is 0 Å². The van der Waals surface area contributed by atoms with E-state index in [1.165, 1.54) is 6.07 Å². The minimum Gasteiger partial charge on any atom is -0.451 e. The molecular formula is C19H27N3O3. The number of carbonyl (C=O) groups is 1. The molecule has 0 saturated carbocycles. The van der Waals surface area contributed by atoms with Gasteiger partial charge in [0.25, 0.3) is 5.91 Å². The molecule has 1 amide bonds. The largest absolute Gasteiger partial charge is 0.451 e. The molecule has 1 aliphatic heterocycles. The monoisotopic (exact) mass is 345 g/mol. The van der Waals surface area contributed by atoms with E-state index in [4.69, 9.17) is 4.42 Å². The number of hydrogen-bond donors (Lipinski definition) is 2. The predicted octanol–water partition coefficient (Wildman–Crippen LogP) is 1.76. The molecule has 1 aliphatic rings. The third-order valence-corrected chi connectivity index (χ3v) is 4.11. The highest BCUT2D eigenvalue weighted by Gasteiger charge is 2.14. The molecule has 0 aliphatic carbocycles. The van der Waals surface area contributed by atoms with Crippen molar-refractivity contribution in [2.45, 2.75) is 20.8 Å². The molecule has 136 valence electrons. The highest BCUT2D eigenvalue weighted by molar-refractivity contribution is 5.93. The fraction of sp³-hybridized carbons (Fsp3) is 0.474. The Balaban J connectivity index is 0.00000109. The smallest absolute Gasteiger partial charge is 0.287 e. The molecule has 1 aromatic carbocycles. The summed E-state index contributed by atoms with van der Waals surface area (Å²) in [4.78, 5) is 26.7. The van der Waals surface area contributed by atoms with Crippen LogP contribution in [0.2, 0.25) is 0 Å². The SMILES string of the molecule is CC.Cc1cccc2oc(C(=O)NCCN3CCNCC3)cc(=O)c12. The van der Waals surface area contributed by atoms with Crippen LogP contribution in [0, 0.1) is 6.92 Å². The Labute approximate surface area is 148 Å². The Bertz CT molecular complexity index is 764. The number of hydrogen-bond acceptors (Lipinski definition) is 5. The lowest BCUT2D eigenvalue weighted by Crippen LogP contribution is -2.46. The minimum atomic E-state index is -0.347. The highest BCUT2D eigenvalue weighted by Crippen LogP contribution is 2.15. The van der Waals surface area contributed by atoms with Gasteiger partial charge >= 0.3 is 0 Å². The minimum absolute atomic E-state index is 0.0633. The zero-order valence-corrected chi connectivity index (χ0v) is 15.2. The lowest BCUT2D eigenvalue weighted by Gasteiger charge is -2.26. The first-order valence-electron chi connectivity index (χ1n) is 8.90. The van der Waals surface area contributed by atoms with Gasteiger partial charge in [-0.3, -0.25) is 14.5 Å². The number of carbonyl (C=O) groups excluding carboxylic acids is 1. The summed E-state index contributed by atoms with van der Waals surface area (Å²) >= 11 is 0. The van der Waals surface area contributed by atoms with Gasteiger partial charge in [-0.2, -0.15) is 0 Å². The molecule has 1 fully saturated rings. The van der Waals surface area contributed by atoms with Gasteiger partial charge in [0, 0.05) is 45.3 Å². The first-order valence-corrected chi connectivity index (χ1v) is 8.90. The average Bonchev–Trinajstić information content (AvgIpc) is 2.64. The van der Waals surface area contributed by atoms with E-state index in [0.29, 0.717) is 17.5 Å². The maximum Gasteiger partial charge on any atom is 0.287 e. The van der Waals surface area contributed by atoms with Crippen LogP contribution < -0.4 is 16.1 Å². The fourth-order valence-electron chi connectivity index (χ4n) is 2.84. The molecule has 6 heteroatoms. The number of amides is 1. The first kappa shape index (κ1) is 19.1. The number of piperazine rings is 1. The van der Waals surface area contributed by atoms with Crippen LogP contribution in [0.15, 0.2) is 33.5 Å². The second kappa shape index (κ2) is 9.34.